The number of nitrogens with zero attached hydrogens (tertiary/aromatic N) is 1. The van der Waals surface area contributed by atoms with Crippen LogP contribution in [0.3, 0.4) is 0 Å². The highest BCUT2D eigenvalue weighted by atomic mass is 79.9. The Morgan fingerprint density at radius 1 is 1.09 bits per heavy atom. The predicted octanol–water partition coefficient (Wildman–Crippen LogP) is 5.06. The smallest absolute Gasteiger partial charge is 0.261 e. The van der Waals surface area contributed by atoms with E-state index in [1.54, 1.807) is 30.1 Å². The second-order valence-electron chi connectivity index (χ2n) is 7.72. The van der Waals surface area contributed by atoms with E-state index in [-0.39, 0.29) is 23.0 Å². The van der Waals surface area contributed by atoms with Gasteiger partial charge in [-0.25, -0.2) is 0 Å². The first-order chi connectivity index (χ1) is 15.4. The number of para-hydroxylation sites is 1. The Kier molecular flexibility index (Phi) is 8.64. The lowest BCUT2D eigenvalue weighted by Gasteiger charge is -2.26. The van der Waals surface area contributed by atoms with Crippen LogP contribution in [0.25, 0.3) is 0 Å². The van der Waals surface area contributed by atoms with Gasteiger partial charge >= 0.3 is 0 Å². The van der Waals surface area contributed by atoms with Crippen molar-refractivity contribution in [1.29, 1.82) is 0 Å². The number of rotatable bonds is 6. The molecule has 0 spiro atoms. The summed E-state index contributed by atoms with van der Waals surface area (Å²) in [5.41, 5.74) is 1.53. The van der Waals surface area contributed by atoms with E-state index in [4.69, 9.17) is 17.0 Å². The highest BCUT2D eigenvalue weighted by Gasteiger charge is 2.22. The minimum absolute atomic E-state index is 0.126. The van der Waals surface area contributed by atoms with Gasteiger partial charge in [-0.15, -0.1) is 0 Å². The van der Waals surface area contributed by atoms with Gasteiger partial charge in [-0.3, -0.25) is 14.9 Å². The molecule has 2 aromatic rings. The van der Waals surface area contributed by atoms with E-state index in [9.17, 15) is 9.59 Å². The molecule has 32 heavy (non-hydrogen) atoms. The number of hydrogen-bond acceptors (Lipinski definition) is 4. The molecule has 8 heteroatoms. The maximum atomic E-state index is 13.0. The van der Waals surface area contributed by atoms with E-state index in [0.29, 0.717) is 29.2 Å². The number of hydrogen-bond donors (Lipinski definition) is 2. The van der Waals surface area contributed by atoms with Crippen LogP contribution >= 0.6 is 28.1 Å². The van der Waals surface area contributed by atoms with Crippen molar-refractivity contribution < 1.29 is 14.3 Å². The molecule has 0 unspecified atom stereocenters. The van der Waals surface area contributed by atoms with Crippen molar-refractivity contribution in [3.05, 3.63) is 58.1 Å². The molecule has 2 amide bonds. The Hall–Kier alpha value is -2.45. The summed E-state index contributed by atoms with van der Waals surface area (Å²) < 4.78 is 6.33. The average Bonchev–Trinajstić information content (AvgIpc) is 2.80. The lowest BCUT2D eigenvalue weighted by atomic mass is 9.95. The molecule has 170 valence electrons. The van der Waals surface area contributed by atoms with Crippen LogP contribution in [-0.2, 0) is 0 Å². The Morgan fingerprint density at radius 3 is 2.53 bits per heavy atom. The molecule has 0 bridgehead atoms. The van der Waals surface area contributed by atoms with Crippen LogP contribution in [0.4, 0.5) is 5.69 Å². The zero-order valence-electron chi connectivity index (χ0n) is 18.3. The number of benzene rings is 2. The van der Waals surface area contributed by atoms with Gasteiger partial charge in [-0.1, -0.05) is 47.3 Å². The molecule has 0 aromatic heterocycles. The van der Waals surface area contributed by atoms with E-state index in [1.165, 1.54) is 6.42 Å². The van der Waals surface area contributed by atoms with Gasteiger partial charge in [-0.05, 0) is 62.3 Å². The van der Waals surface area contributed by atoms with Gasteiger partial charge in [0.25, 0.3) is 11.8 Å². The fourth-order valence-electron chi connectivity index (χ4n) is 3.79. The van der Waals surface area contributed by atoms with Crippen molar-refractivity contribution in [2.75, 3.05) is 18.6 Å². The first kappa shape index (κ1) is 24.2. The lowest BCUT2D eigenvalue weighted by molar-refractivity contribution is 0.0927. The first-order valence-corrected chi connectivity index (χ1v) is 12.0. The number of amides is 2. The monoisotopic (exact) mass is 517 g/mol. The molecule has 0 heterocycles. The number of nitrogens with one attached hydrogen (secondary N) is 2. The van der Waals surface area contributed by atoms with Gasteiger partial charge < -0.3 is 15.0 Å². The largest absolute Gasteiger partial charge is 0.493 e. The van der Waals surface area contributed by atoms with Crippen molar-refractivity contribution in [1.82, 2.24) is 10.6 Å². The van der Waals surface area contributed by atoms with Crippen molar-refractivity contribution in [3.63, 3.8) is 0 Å². The molecule has 0 aliphatic heterocycles. The third kappa shape index (κ3) is 6.07. The topological polar surface area (TPSA) is 70.7 Å². The van der Waals surface area contributed by atoms with Gasteiger partial charge in [0.2, 0.25) is 0 Å². The molecule has 1 aliphatic rings. The van der Waals surface area contributed by atoms with E-state index in [1.807, 2.05) is 31.2 Å². The highest BCUT2D eigenvalue weighted by molar-refractivity contribution is 9.10. The molecule has 2 aromatic carbocycles. The molecule has 0 radical (unpaired) electrons. The summed E-state index contributed by atoms with van der Waals surface area (Å²) in [5.74, 6) is -0.0271. The molecule has 3 rings (SSSR count). The third-order valence-corrected chi connectivity index (χ3v) is 6.33. The molecule has 2 N–H and O–H groups in total. The lowest BCUT2D eigenvalue weighted by Crippen LogP contribution is -2.42. The average molecular weight is 518 g/mol. The van der Waals surface area contributed by atoms with Crippen LogP contribution < -0.4 is 20.3 Å². The predicted molar refractivity (Wildman–Crippen MR) is 135 cm³/mol. The maximum Gasteiger partial charge on any atom is 0.261 e. The standard InChI is InChI=1S/C24H28BrN3O3S/c1-3-31-21-14-13-16(25)15-19(21)23(30)27-24(32)28(2)20-12-8-7-11-18(20)22(29)26-17-9-5-4-6-10-17/h7-8,11-15,17H,3-6,9-10H2,1-2H3,(H,26,29)(H,27,30,32). The number of carbonyl (C=O) groups is 2. The zero-order chi connectivity index (χ0) is 23.1. The van der Waals surface area contributed by atoms with Crippen molar-refractivity contribution in [2.24, 2.45) is 0 Å². The van der Waals surface area contributed by atoms with Gasteiger partial charge in [-0.2, -0.15) is 0 Å². The molecule has 1 aliphatic carbocycles. The second-order valence-corrected chi connectivity index (χ2v) is 9.02. The van der Waals surface area contributed by atoms with E-state index in [2.05, 4.69) is 26.6 Å². The Labute approximate surface area is 202 Å². The van der Waals surface area contributed by atoms with Gasteiger partial charge in [0.05, 0.1) is 23.4 Å². The number of ether oxygens (including phenoxy) is 1. The van der Waals surface area contributed by atoms with Crippen molar-refractivity contribution >= 4 is 50.8 Å². The minimum Gasteiger partial charge on any atom is -0.493 e. The molecule has 6 nitrogen and oxygen atoms in total. The normalized spacial score (nSPS) is 13.8. The summed E-state index contributed by atoms with van der Waals surface area (Å²) in [7, 11) is 1.74. The van der Waals surface area contributed by atoms with Crippen molar-refractivity contribution in [3.8, 4) is 5.75 Å². The first-order valence-electron chi connectivity index (χ1n) is 10.8. The number of carbonyl (C=O) groups excluding carboxylic acids is 2. The van der Waals surface area contributed by atoms with Gasteiger partial charge in [0.15, 0.2) is 5.11 Å². The molecule has 1 fully saturated rings. The van der Waals surface area contributed by atoms with E-state index in [0.717, 1.165) is 30.2 Å². The zero-order valence-corrected chi connectivity index (χ0v) is 20.7. The van der Waals surface area contributed by atoms with Gasteiger partial charge in [0.1, 0.15) is 5.75 Å². The summed E-state index contributed by atoms with van der Waals surface area (Å²) in [5, 5.41) is 6.09. The Bertz CT molecular complexity index is 992. The molecular weight excluding hydrogens is 490 g/mol. The summed E-state index contributed by atoms with van der Waals surface area (Å²) in [6.45, 7) is 2.30. The number of thiocarbonyl (C=S) groups is 1. The second kappa shape index (κ2) is 11.4. The van der Waals surface area contributed by atoms with Crippen molar-refractivity contribution in [2.45, 2.75) is 45.1 Å². The van der Waals surface area contributed by atoms with Crippen LogP contribution in [0.5, 0.6) is 5.75 Å². The Balaban J connectivity index is 1.74. The minimum atomic E-state index is -0.379. The van der Waals surface area contributed by atoms with Crippen LogP contribution in [0.15, 0.2) is 46.9 Å². The Morgan fingerprint density at radius 2 is 1.81 bits per heavy atom. The fraction of sp³-hybridized carbons (Fsp3) is 0.375. The fourth-order valence-corrected chi connectivity index (χ4v) is 4.34. The van der Waals surface area contributed by atoms with Crippen LogP contribution in [0.1, 0.15) is 59.7 Å². The summed E-state index contributed by atoms with van der Waals surface area (Å²) >= 11 is 8.88. The molecule has 0 atom stereocenters. The summed E-state index contributed by atoms with van der Waals surface area (Å²) in [4.78, 5) is 27.5. The van der Waals surface area contributed by atoms with Crippen LogP contribution in [0.2, 0.25) is 0 Å². The van der Waals surface area contributed by atoms with Crippen LogP contribution in [-0.4, -0.2) is 36.6 Å². The van der Waals surface area contributed by atoms with Gasteiger partial charge in [0, 0.05) is 17.6 Å². The molecular formula is C24H28BrN3O3S. The number of halogens is 1. The SMILES string of the molecule is CCOc1ccc(Br)cc1C(=O)NC(=S)N(C)c1ccccc1C(=O)NC1CCCCC1. The quantitative estimate of drug-likeness (QED) is 0.524. The van der Waals surface area contributed by atoms with E-state index < -0.39 is 0 Å². The summed E-state index contributed by atoms with van der Waals surface area (Å²) in [6, 6.07) is 12.7. The van der Waals surface area contributed by atoms with Crippen LogP contribution in [0, 0.1) is 0 Å². The third-order valence-electron chi connectivity index (χ3n) is 5.46. The number of anilines is 1. The highest BCUT2D eigenvalue weighted by Crippen LogP contribution is 2.25. The maximum absolute atomic E-state index is 13.0. The van der Waals surface area contributed by atoms with E-state index >= 15 is 0 Å². The molecule has 0 saturated heterocycles. The molecule has 1 saturated carbocycles. The summed E-state index contributed by atoms with van der Waals surface area (Å²) in [6.07, 6.45) is 5.52.